The Labute approximate surface area is 102 Å². The van der Waals surface area contributed by atoms with Crippen molar-refractivity contribution in [3.63, 3.8) is 0 Å². The number of hydrogen-bond acceptors (Lipinski definition) is 4. The molecule has 0 saturated heterocycles. The third kappa shape index (κ3) is 2.61. The summed E-state index contributed by atoms with van der Waals surface area (Å²) in [7, 11) is 0. The Kier molecular flexibility index (Phi) is 3.22. The van der Waals surface area contributed by atoms with Crippen molar-refractivity contribution in [1.82, 2.24) is 14.9 Å². The quantitative estimate of drug-likeness (QED) is 0.654. The van der Waals surface area contributed by atoms with Crippen LogP contribution in [0, 0.1) is 6.92 Å². The number of nitrogens with one attached hydrogen (secondary N) is 2. The third-order valence-corrected chi connectivity index (χ3v) is 2.90. The van der Waals surface area contributed by atoms with Crippen molar-refractivity contribution < 1.29 is 9.90 Å². The van der Waals surface area contributed by atoms with Crippen molar-refractivity contribution in [1.29, 1.82) is 0 Å². The molecule has 1 aliphatic rings. The van der Waals surface area contributed by atoms with Crippen molar-refractivity contribution in [2.75, 3.05) is 0 Å². The second-order valence-electron chi connectivity index (χ2n) is 4.45. The zero-order chi connectivity index (χ0) is 13.3. The van der Waals surface area contributed by atoms with Crippen LogP contribution in [0.1, 0.15) is 24.8 Å². The van der Waals surface area contributed by atoms with Crippen LogP contribution in [0.25, 0.3) is 0 Å². The van der Waals surface area contributed by atoms with E-state index >= 15 is 0 Å². The van der Waals surface area contributed by atoms with Gasteiger partial charge in [0.2, 0.25) is 11.8 Å². The predicted octanol–water partition coefficient (Wildman–Crippen LogP) is -0.781. The van der Waals surface area contributed by atoms with Crippen LogP contribution in [0.4, 0.5) is 0 Å². The molecule has 7 nitrogen and oxygen atoms in total. The predicted molar refractivity (Wildman–Crippen MR) is 63.5 cm³/mol. The monoisotopic (exact) mass is 253 g/mol. The van der Waals surface area contributed by atoms with Gasteiger partial charge in [0.1, 0.15) is 0 Å². The molecule has 0 spiro atoms. The average molecular weight is 253 g/mol. The minimum Gasteiger partial charge on any atom is -0.494 e. The molecule has 98 valence electrons. The van der Waals surface area contributed by atoms with Crippen molar-refractivity contribution in [2.45, 2.75) is 38.8 Å². The van der Waals surface area contributed by atoms with Crippen molar-refractivity contribution in [3.8, 4) is 5.88 Å². The number of hydrogen-bond donors (Lipinski definition) is 3. The Balaban J connectivity index is 2.09. The van der Waals surface area contributed by atoms with Crippen LogP contribution in [-0.2, 0) is 11.3 Å². The van der Waals surface area contributed by atoms with Gasteiger partial charge in [-0.05, 0) is 19.8 Å². The first kappa shape index (κ1) is 12.4. The maximum Gasteiger partial charge on any atom is 0.331 e. The smallest absolute Gasteiger partial charge is 0.331 e. The minimum absolute atomic E-state index is 0.0425. The summed E-state index contributed by atoms with van der Waals surface area (Å²) < 4.78 is 0.989. The molecule has 1 aliphatic carbocycles. The van der Waals surface area contributed by atoms with E-state index in [0.29, 0.717) is 0 Å². The summed E-state index contributed by atoms with van der Waals surface area (Å²) >= 11 is 0. The van der Waals surface area contributed by atoms with Crippen molar-refractivity contribution in [2.24, 2.45) is 0 Å². The molecule has 0 unspecified atom stereocenters. The van der Waals surface area contributed by atoms with Crippen LogP contribution in [-0.4, -0.2) is 26.6 Å². The summed E-state index contributed by atoms with van der Waals surface area (Å²) in [6, 6.07) is 0.264. The lowest BCUT2D eigenvalue weighted by atomic mass is 10.3. The van der Waals surface area contributed by atoms with Crippen molar-refractivity contribution in [3.05, 3.63) is 26.4 Å². The average Bonchev–Trinajstić information content (AvgIpc) is 3.09. The van der Waals surface area contributed by atoms with Crippen LogP contribution in [0.2, 0.25) is 0 Å². The summed E-state index contributed by atoms with van der Waals surface area (Å²) in [4.78, 5) is 36.2. The normalized spacial score (nSPS) is 14.5. The van der Waals surface area contributed by atoms with Gasteiger partial charge in [-0.2, -0.15) is 0 Å². The third-order valence-electron chi connectivity index (χ3n) is 2.90. The first-order valence-corrected chi connectivity index (χ1v) is 5.81. The van der Waals surface area contributed by atoms with E-state index in [2.05, 4.69) is 10.3 Å². The van der Waals surface area contributed by atoms with E-state index < -0.39 is 11.2 Å². The maximum atomic E-state index is 11.5. The Morgan fingerprint density at radius 1 is 1.50 bits per heavy atom. The van der Waals surface area contributed by atoms with Gasteiger partial charge in [-0.15, -0.1) is 0 Å². The number of rotatable bonds is 4. The van der Waals surface area contributed by atoms with Gasteiger partial charge in [-0.1, -0.05) is 0 Å². The highest BCUT2D eigenvalue weighted by Crippen LogP contribution is 2.18. The van der Waals surface area contributed by atoms with Gasteiger partial charge in [0.25, 0.3) is 5.56 Å². The number of carbonyl (C=O) groups excluding carboxylic acids is 1. The Morgan fingerprint density at radius 2 is 2.17 bits per heavy atom. The second kappa shape index (κ2) is 4.67. The summed E-state index contributed by atoms with van der Waals surface area (Å²) in [5.74, 6) is -0.546. The highest BCUT2D eigenvalue weighted by atomic mass is 16.3. The molecule has 1 aromatic heterocycles. The highest BCUT2D eigenvalue weighted by molar-refractivity contribution is 5.76. The van der Waals surface area contributed by atoms with Gasteiger partial charge in [-0.3, -0.25) is 19.1 Å². The molecule has 1 aromatic rings. The molecule has 2 rings (SSSR count). The molecule has 3 N–H and O–H groups in total. The molecule has 0 aromatic carbocycles. The van der Waals surface area contributed by atoms with Gasteiger partial charge in [0.15, 0.2) is 0 Å². The zero-order valence-electron chi connectivity index (χ0n) is 10.0. The summed E-state index contributed by atoms with van der Waals surface area (Å²) in [5, 5.41) is 12.5. The fraction of sp³-hybridized carbons (Fsp3) is 0.545. The van der Waals surface area contributed by atoms with Gasteiger partial charge < -0.3 is 10.4 Å². The van der Waals surface area contributed by atoms with E-state index in [1.807, 2.05) is 0 Å². The van der Waals surface area contributed by atoms with Crippen LogP contribution in [0.3, 0.4) is 0 Å². The molecule has 0 aliphatic heterocycles. The van der Waals surface area contributed by atoms with E-state index in [1.54, 1.807) is 0 Å². The molecule has 0 radical (unpaired) electrons. The Bertz CT molecular complexity index is 583. The molecule has 0 atom stereocenters. The molecule has 1 saturated carbocycles. The largest absolute Gasteiger partial charge is 0.494 e. The van der Waals surface area contributed by atoms with E-state index in [0.717, 1.165) is 17.4 Å². The van der Waals surface area contributed by atoms with Crippen molar-refractivity contribution >= 4 is 5.91 Å². The zero-order valence-corrected chi connectivity index (χ0v) is 10.0. The molecular formula is C11H15N3O4. The fourth-order valence-corrected chi connectivity index (χ4v) is 1.61. The molecule has 1 fully saturated rings. The molecule has 1 amide bonds. The molecule has 18 heavy (non-hydrogen) atoms. The van der Waals surface area contributed by atoms with Gasteiger partial charge in [0, 0.05) is 19.0 Å². The van der Waals surface area contributed by atoms with E-state index in [-0.39, 0.29) is 36.4 Å². The standard InChI is InChI=1S/C11H15N3O4/c1-6-9(16)13-11(18)14(10(6)17)5-4-8(15)12-7-2-3-7/h7,17H,2-5H2,1H3,(H,12,15)(H,13,16,18). The lowest BCUT2D eigenvalue weighted by Crippen LogP contribution is -2.33. The summed E-state index contributed by atoms with van der Waals surface area (Å²) in [6.07, 6.45) is 2.08. The first-order valence-electron chi connectivity index (χ1n) is 5.81. The second-order valence-corrected chi connectivity index (χ2v) is 4.45. The van der Waals surface area contributed by atoms with Crippen LogP contribution in [0.5, 0.6) is 5.88 Å². The number of aromatic amines is 1. The van der Waals surface area contributed by atoms with Gasteiger partial charge >= 0.3 is 5.69 Å². The Morgan fingerprint density at radius 3 is 2.78 bits per heavy atom. The Hall–Kier alpha value is -2.05. The number of carbonyl (C=O) groups is 1. The molecule has 0 bridgehead atoms. The summed E-state index contributed by atoms with van der Waals surface area (Å²) in [6.45, 7) is 1.45. The minimum atomic E-state index is -0.706. The lowest BCUT2D eigenvalue weighted by Gasteiger charge is -2.09. The lowest BCUT2D eigenvalue weighted by molar-refractivity contribution is -0.121. The number of aromatic nitrogens is 2. The number of aromatic hydroxyl groups is 1. The van der Waals surface area contributed by atoms with Crippen LogP contribution in [0.15, 0.2) is 9.59 Å². The van der Waals surface area contributed by atoms with Crippen LogP contribution < -0.4 is 16.6 Å². The molecule has 7 heteroatoms. The van der Waals surface area contributed by atoms with Crippen LogP contribution >= 0.6 is 0 Å². The number of H-pyrrole nitrogens is 1. The van der Waals surface area contributed by atoms with E-state index in [1.165, 1.54) is 6.92 Å². The number of amides is 1. The first-order chi connectivity index (χ1) is 8.49. The van der Waals surface area contributed by atoms with E-state index in [4.69, 9.17) is 0 Å². The summed E-state index contributed by atoms with van der Waals surface area (Å²) in [5.41, 5.74) is -1.25. The molecule has 1 heterocycles. The van der Waals surface area contributed by atoms with Gasteiger partial charge in [-0.25, -0.2) is 4.79 Å². The SMILES string of the molecule is Cc1c(O)n(CCC(=O)NC2CC2)c(=O)[nH]c1=O. The molecular weight excluding hydrogens is 238 g/mol. The maximum absolute atomic E-state index is 11.5. The van der Waals surface area contributed by atoms with Gasteiger partial charge in [0.05, 0.1) is 5.56 Å². The number of nitrogens with zero attached hydrogens (tertiary/aromatic N) is 1. The fourth-order valence-electron chi connectivity index (χ4n) is 1.61. The topological polar surface area (TPSA) is 104 Å². The van der Waals surface area contributed by atoms with E-state index in [9.17, 15) is 19.5 Å². The highest BCUT2D eigenvalue weighted by Gasteiger charge is 2.23.